The van der Waals surface area contributed by atoms with Gasteiger partial charge in [0.2, 0.25) is 0 Å². The molecule has 0 atom stereocenters. The molecular weight excluding hydrogens is 192 g/mol. The van der Waals surface area contributed by atoms with Gasteiger partial charge in [-0.25, -0.2) is 4.68 Å². The van der Waals surface area contributed by atoms with Gasteiger partial charge in [-0.1, -0.05) is 0 Å². The van der Waals surface area contributed by atoms with Crippen LogP contribution in [0.4, 0.5) is 5.82 Å². The number of aromatic nitrogens is 2. The van der Waals surface area contributed by atoms with Crippen molar-refractivity contribution in [3.05, 3.63) is 12.3 Å². The molecule has 1 aromatic rings. The summed E-state index contributed by atoms with van der Waals surface area (Å²) in [6.07, 6.45) is 1.82. The summed E-state index contributed by atoms with van der Waals surface area (Å²) in [7, 11) is 1.92. The van der Waals surface area contributed by atoms with Gasteiger partial charge in [-0.3, -0.25) is 4.90 Å². The Morgan fingerprint density at radius 1 is 1.40 bits per heavy atom. The van der Waals surface area contributed by atoms with Crippen molar-refractivity contribution < 1.29 is 4.74 Å². The summed E-state index contributed by atoms with van der Waals surface area (Å²) in [4.78, 5) is 2.41. The summed E-state index contributed by atoms with van der Waals surface area (Å²) in [6, 6.07) is 1.99. The molecule has 1 N–H and O–H groups in total. The van der Waals surface area contributed by atoms with Gasteiger partial charge in [0.15, 0.2) is 0 Å². The van der Waals surface area contributed by atoms with Crippen molar-refractivity contribution in [2.24, 2.45) is 0 Å². The lowest BCUT2D eigenvalue weighted by Crippen LogP contribution is -2.38. The maximum Gasteiger partial charge on any atom is 0.124 e. The molecule has 84 valence electrons. The average molecular weight is 210 g/mol. The maximum atomic E-state index is 5.31. The van der Waals surface area contributed by atoms with Gasteiger partial charge in [0.05, 0.1) is 26.0 Å². The fourth-order valence-electron chi connectivity index (χ4n) is 1.78. The molecule has 0 bridgehead atoms. The van der Waals surface area contributed by atoms with Crippen LogP contribution in [0, 0.1) is 0 Å². The molecule has 2 heterocycles. The highest BCUT2D eigenvalue weighted by molar-refractivity contribution is 5.32. The van der Waals surface area contributed by atoms with Crippen LogP contribution in [0.15, 0.2) is 12.3 Å². The zero-order chi connectivity index (χ0) is 10.5. The summed E-state index contributed by atoms with van der Waals surface area (Å²) < 4.78 is 7.30. The lowest BCUT2D eigenvalue weighted by atomic mass is 10.4. The van der Waals surface area contributed by atoms with Crippen LogP contribution < -0.4 is 5.32 Å². The Balaban J connectivity index is 1.81. The molecular formula is C10H18N4O. The van der Waals surface area contributed by atoms with E-state index < -0.39 is 0 Å². The smallest absolute Gasteiger partial charge is 0.124 e. The van der Waals surface area contributed by atoms with Crippen LogP contribution in [-0.2, 0) is 11.3 Å². The molecule has 5 heteroatoms. The molecule has 0 radical (unpaired) electrons. The van der Waals surface area contributed by atoms with Gasteiger partial charge in [0.25, 0.3) is 0 Å². The Bertz CT molecular complexity index is 293. The van der Waals surface area contributed by atoms with Crippen molar-refractivity contribution in [3.63, 3.8) is 0 Å². The maximum absolute atomic E-state index is 5.31. The minimum Gasteiger partial charge on any atom is -0.379 e. The van der Waals surface area contributed by atoms with E-state index in [1.807, 2.05) is 24.0 Å². The normalized spacial score (nSPS) is 17.9. The number of nitrogens with zero attached hydrogens (tertiary/aromatic N) is 3. The fourth-order valence-corrected chi connectivity index (χ4v) is 1.78. The molecule has 0 spiro atoms. The fraction of sp³-hybridized carbons (Fsp3) is 0.700. The second kappa shape index (κ2) is 5.14. The Kier molecular flexibility index (Phi) is 3.58. The molecule has 0 aromatic carbocycles. The van der Waals surface area contributed by atoms with Crippen molar-refractivity contribution >= 4 is 5.82 Å². The van der Waals surface area contributed by atoms with Crippen molar-refractivity contribution in [3.8, 4) is 0 Å². The number of anilines is 1. The quantitative estimate of drug-likeness (QED) is 0.774. The van der Waals surface area contributed by atoms with Gasteiger partial charge < -0.3 is 10.1 Å². The third kappa shape index (κ3) is 2.70. The van der Waals surface area contributed by atoms with E-state index in [0.29, 0.717) is 0 Å². The Hall–Kier alpha value is -1.07. The third-order valence-corrected chi connectivity index (χ3v) is 2.70. The Morgan fingerprint density at radius 3 is 2.93 bits per heavy atom. The first-order valence-corrected chi connectivity index (χ1v) is 5.40. The van der Waals surface area contributed by atoms with E-state index >= 15 is 0 Å². The molecule has 1 fully saturated rings. The van der Waals surface area contributed by atoms with Gasteiger partial charge in [-0.15, -0.1) is 0 Å². The van der Waals surface area contributed by atoms with E-state index in [9.17, 15) is 0 Å². The van der Waals surface area contributed by atoms with Crippen LogP contribution in [0.25, 0.3) is 0 Å². The van der Waals surface area contributed by atoms with Crippen molar-refractivity contribution in [2.45, 2.75) is 6.54 Å². The predicted molar refractivity (Wildman–Crippen MR) is 59.0 cm³/mol. The van der Waals surface area contributed by atoms with Crippen LogP contribution in [0.3, 0.4) is 0 Å². The molecule has 0 saturated carbocycles. The van der Waals surface area contributed by atoms with Gasteiger partial charge in [-0.2, -0.15) is 5.10 Å². The summed E-state index contributed by atoms with van der Waals surface area (Å²) in [6.45, 7) is 5.77. The molecule has 1 aliphatic rings. The minimum atomic E-state index is 0.859. The molecule has 0 amide bonds. The summed E-state index contributed by atoms with van der Waals surface area (Å²) in [5, 5.41) is 7.39. The van der Waals surface area contributed by atoms with Crippen LogP contribution in [0.5, 0.6) is 0 Å². The Labute approximate surface area is 90.0 Å². The van der Waals surface area contributed by atoms with E-state index in [0.717, 1.165) is 45.2 Å². The zero-order valence-corrected chi connectivity index (χ0v) is 9.15. The summed E-state index contributed by atoms with van der Waals surface area (Å²) >= 11 is 0. The summed E-state index contributed by atoms with van der Waals surface area (Å²) in [5.41, 5.74) is 0. The molecule has 5 nitrogen and oxygen atoms in total. The highest BCUT2D eigenvalue weighted by Gasteiger charge is 2.10. The second-order valence-electron chi connectivity index (χ2n) is 3.64. The molecule has 0 unspecified atom stereocenters. The zero-order valence-electron chi connectivity index (χ0n) is 9.15. The monoisotopic (exact) mass is 210 g/mol. The standard InChI is InChI=1S/C10H18N4O/c1-11-10-2-3-12-14(10)5-4-13-6-8-15-9-7-13/h2-3,11H,4-9H2,1H3. The van der Waals surface area contributed by atoms with E-state index in [1.54, 1.807) is 0 Å². The number of hydrogen-bond donors (Lipinski definition) is 1. The first-order valence-electron chi connectivity index (χ1n) is 5.40. The van der Waals surface area contributed by atoms with Crippen molar-refractivity contribution in [2.75, 3.05) is 45.2 Å². The van der Waals surface area contributed by atoms with Crippen molar-refractivity contribution in [1.29, 1.82) is 0 Å². The van der Waals surface area contributed by atoms with Crippen LogP contribution in [0.1, 0.15) is 0 Å². The van der Waals surface area contributed by atoms with Crippen molar-refractivity contribution in [1.82, 2.24) is 14.7 Å². The first-order chi connectivity index (χ1) is 7.40. The molecule has 1 aromatic heterocycles. The van der Waals surface area contributed by atoms with Gasteiger partial charge in [-0.05, 0) is 0 Å². The van der Waals surface area contributed by atoms with Gasteiger partial charge in [0.1, 0.15) is 5.82 Å². The average Bonchev–Trinajstić information content (AvgIpc) is 2.75. The van der Waals surface area contributed by atoms with Gasteiger partial charge >= 0.3 is 0 Å². The predicted octanol–water partition coefficient (Wildman–Crippen LogP) is 0.257. The number of nitrogens with one attached hydrogen (secondary N) is 1. The molecule has 15 heavy (non-hydrogen) atoms. The van der Waals surface area contributed by atoms with E-state index in [2.05, 4.69) is 15.3 Å². The third-order valence-electron chi connectivity index (χ3n) is 2.70. The number of ether oxygens (including phenoxy) is 1. The van der Waals surface area contributed by atoms with E-state index in [4.69, 9.17) is 4.74 Å². The first kappa shape index (κ1) is 10.4. The Morgan fingerprint density at radius 2 is 2.20 bits per heavy atom. The second-order valence-corrected chi connectivity index (χ2v) is 3.64. The van der Waals surface area contributed by atoms with E-state index in [1.165, 1.54) is 0 Å². The molecule has 1 saturated heterocycles. The van der Waals surface area contributed by atoms with Crippen LogP contribution in [0.2, 0.25) is 0 Å². The number of hydrogen-bond acceptors (Lipinski definition) is 4. The molecule has 2 rings (SSSR count). The van der Waals surface area contributed by atoms with E-state index in [-0.39, 0.29) is 0 Å². The largest absolute Gasteiger partial charge is 0.379 e. The minimum absolute atomic E-state index is 0.859. The topological polar surface area (TPSA) is 42.3 Å². The van der Waals surface area contributed by atoms with Crippen LogP contribution in [-0.4, -0.2) is 54.6 Å². The number of morpholine rings is 1. The highest BCUT2D eigenvalue weighted by Crippen LogP contribution is 2.05. The lowest BCUT2D eigenvalue weighted by molar-refractivity contribution is 0.0360. The SMILES string of the molecule is CNc1ccnn1CCN1CCOCC1. The van der Waals surface area contributed by atoms with Crippen LogP contribution >= 0.6 is 0 Å². The molecule has 0 aliphatic carbocycles. The lowest BCUT2D eigenvalue weighted by Gasteiger charge is -2.26. The molecule has 1 aliphatic heterocycles. The summed E-state index contributed by atoms with van der Waals surface area (Å²) in [5.74, 6) is 1.07. The number of rotatable bonds is 4. The highest BCUT2D eigenvalue weighted by atomic mass is 16.5. The van der Waals surface area contributed by atoms with Gasteiger partial charge in [0, 0.05) is 32.7 Å².